The predicted molar refractivity (Wildman–Crippen MR) is 64.0 cm³/mol. The minimum atomic E-state index is 0.561. The molecule has 1 aromatic heterocycles. The molecule has 4 nitrogen and oxygen atoms in total. The van der Waals surface area contributed by atoms with Crippen LogP contribution in [0.15, 0.2) is 6.07 Å². The van der Waals surface area contributed by atoms with Gasteiger partial charge in [0.2, 0.25) is 0 Å². The Bertz CT molecular complexity index is 311. The van der Waals surface area contributed by atoms with Crippen LogP contribution in [0.25, 0.3) is 0 Å². The smallest absolute Gasteiger partial charge is 0.134 e. The summed E-state index contributed by atoms with van der Waals surface area (Å²) in [4.78, 5) is 10.9. The monoisotopic (exact) mass is 208 g/mol. The minimum Gasteiger partial charge on any atom is -0.384 e. The molecule has 1 heterocycles. The van der Waals surface area contributed by atoms with Gasteiger partial charge in [-0.1, -0.05) is 13.8 Å². The van der Waals surface area contributed by atoms with Gasteiger partial charge < -0.3 is 10.6 Å². The summed E-state index contributed by atoms with van der Waals surface area (Å²) in [7, 11) is 0. The van der Waals surface area contributed by atoms with E-state index in [1.54, 1.807) is 0 Å². The van der Waals surface area contributed by atoms with E-state index in [4.69, 9.17) is 5.73 Å². The number of anilines is 2. The average Bonchev–Trinajstić information content (AvgIpc) is 2.24. The number of nitrogen functional groups attached to an aromatic ring is 1. The van der Waals surface area contributed by atoms with E-state index in [0.29, 0.717) is 5.82 Å². The van der Waals surface area contributed by atoms with Crippen molar-refractivity contribution in [1.29, 1.82) is 0 Å². The molecule has 4 heteroatoms. The highest BCUT2D eigenvalue weighted by Crippen LogP contribution is 2.14. The lowest BCUT2D eigenvalue weighted by molar-refractivity contribution is 0.769. The normalized spacial score (nSPS) is 10.3. The third-order valence-electron chi connectivity index (χ3n) is 2.29. The number of nitrogens with two attached hydrogens (primary N) is 1. The molecular formula is C11H20N4. The summed E-state index contributed by atoms with van der Waals surface area (Å²) in [5.41, 5.74) is 5.75. The molecule has 0 aliphatic carbocycles. The number of aryl methyl sites for hydroxylation is 1. The van der Waals surface area contributed by atoms with Gasteiger partial charge in [-0.3, -0.25) is 0 Å². The van der Waals surface area contributed by atoms with Gasteiger partial charge in [0.25, 0.3) is 0 Å². The summed E-state index contributed by atoms with van der Waals surface area (Å²) >= 11 is 0. The molecule has 1 aromatic rings. The van der Waals surface area contributed by atoms with Crippen molar-refractivity contribution in [3.8, 4) is 0 Å². The molecule has 0 unspecified atom stereocenters. The molecule has 0 aliphatic heterocycles. The molecule has 0 aromatic carbocycles. The fourth-order valence-electron chi connectivity index (χ4n) is 1.53. The molecule has 0 fully saturated rings. The number of aromatic nitrogens is 2. The second-order valence-electron chi connectivity index (χ2n) is 3.50. The van der Waals surface area contributed by atoms with Gasteiger partial charge in [0.1, 0.15) is 17.5 Å². The third-order valence-corrected chi connectivity index (χ3v) is 2.29. The molecule has 0 saturated heterocycles. The first-order valence-electron chi connectivity index (χ1n) is 5.59. The van der Waals surface area contributed by atoms with Gasteiger partial charge in [-0.2, -0.15) is 0 Å². The molecule has 0 amide bonds. The van der Waals surface area contributed by atoms with Crippen LogP contribution in [-0.4, -0.2) is 23.1 Å². The first kappa shape index (κ1) is 11.8. The lowest BCUT2D eigenvalue weighted by Gasteiger charge is -2.21. The first-order valence-corrected chi connectivity index (χ1v) is 5.59. The van der Waals surface area contributed by atoms with Crippen molar-refractivity contribution in [2.75, 3.05) is 23.7 Å². The Morgan fingerprint density at radius 2 is 2.00 bits per heavy atom. The van der Waals surface area contributed by atoms with Gasteiger partial charge in [-0.05, 0) is 13.3 Å². The minimum absolute atomic E-state index is 0.561. The Morgan fingerprint density at radius 3 is 2.53 bits per heavy atom. The van der Waals surface area contributed by atoms with Crippen LogP contribution in [0.3, 0.4) is 0 Å². The standard InChI is InChI=1S/C11H20N4/c1-4-7-15(6-3)11-8-9(12)13-10(5-2)14-11/h8H,4-7H2,1-3H3,(H2,12,13,14). The summed E-state index contributed by atoms with van der Waals surface area (Å²) in [6.45, 7) is 8.28. The Hall–Kier alpha value is -1.32. The van der Waals surface area contributed by atoms with Crippen LogP contribution in [0.2, 0.25) is 0 Å². The van der Waals surface area contributed by atoms with E-state index < -0.39 is 0 Å². The van der Waals surface area contributed by atoms with Crippen molar-refractivity contribution in [1.82, 2.24) is 9.97 Å². The Morgan fingerprint density at radius 1 is 1.27 bits per heavy atom. The molecule has 0 saturated carbocycles. The van der Waals surface area contributed by atoms with Crippen molar-refractivity contribution in [2.45, 2.75) is 33.6 Å². The summed E-state index contributed by atoms with van der Waals surface area (Å²) in [6, 6.07) is 1.85. The summed E-state index contributed by atoms with van der Waals surface area (Å²) < 4.78 is 0. The van der Waals surface area contributed by atoms with Gasteiger partial charge in [0.05, 0.1) is 0 Å². The van der Waals surface area contributed by atoms with E-state index in [2.05, 4.69) is 28.7 Å². The average molecular weight is 208 g/mol. The molecular weight excluding hydrogens is 188 g/mol. The second-order valence-corrected chi connectivity index (χ2v) is 3.50. The highest BCUT2D eigenvalue weighted by Gasteiger charge is 2.07. The van der Waals surface area contributed by atoms with Gasteiger partial charge in [-0.15, -0.1) is 0 Å². The van der Waals surface area contributed by atoms with Crippen LogP contribution < -0.4 is 10.6 Å². The van der Waals surface area contributed by atoms with Gasteiger partial charge in [0.15, 0.2) is 0 Å². The maximum absolute atomic E-state index is 5.75. The third kappa shape index (κ3) is 3.08. The van der Waals surface area contributed by atoms with Crippen LogP contribution in [0.5, 0.6) is 0 Å². The maximum atomic E-state index is 5.75. The van der Waals surface area contributed by atoms with E-state index >= 15 is 0 Å². The zero-order chi connectivity index (χ0) is 11.3. The highest BCUT2D eigenvalue weighted by atomic mass is 15.2. The van der Waals surface area contributed by atoms with Crippen LogP contribution in [0, 0.1) is 0 Å². The zero-order valence-corrected chi connectivity index (χ0v) is 9.82. The summed E-state index contributed by atoms with van der Waals surface area (Å²) in [5.74, 6) is 2.33. The highest BCUT2D eigenvalue weighted by molar-refractivity contribution is 5.46. The molecule has 15 heavy (non-hydrogen) atoms. The molecule has 1 rings (SSSR count). The van der Waals surface area contributed by atoms with Gasteiger partial charge >= 0.3 is 0 Å². The summed E-state index contributed by atoms with van der Waals surface area (Å²) in [6.07, 6.45) is 1.93. The number of hydrogen-bond donors (Lipinski definition) is 1. The van der Waals surface area contributed by atoms with E-state index in [-0.39, 0.29) is 0 Å². The quantitative estimate of drug-likeness (QED) is 0.802. The SMILES string of the molecule is CCCN(CC)c1cc(N)nc(CC)n1. The van der Waals surface area contributed by atoms with Crippen molar-refractivity contribution in [3.63, 3.8) is 0 Å². The number of nitrogens with zero attached hydrogens (tertiary/aromatic N) is 3. The van der Waals surface area contributed by atoms with E-state index in [0.717, 1.165) is 37.6 Å². The van der Waals surface area contributed by atoms with Crippen LogP contribution in [-0.2, 0) is 6.42 Å². The zero-order valence-electron chi connectivity index (χ0n) is 9.82. The van der Waals surface area contributed by atoms with Crippen molar-refractivity contribution >= 4 is 11.6 Å². The largest absolute Gasteiger partial charge is 0.384 e. The molecule has 84 valence electrons. The first-order chi connectivity index (χ1) is 7.21. The van der Waals surface area contributed by atoms with Crippen molar-refractivity contribution in [3.05, 3.63) is 11.9 Å². The van der Waals surface area contributed by atoms with E-state index in [1.165, 1.54) is 0 Å². The molecule has 0 aliphatic rings. The lowest BCUT2D eigenvalue weighted by atomic mass is 10.3. The fourth-order valence-corrected chi connectivity index (χ4v) is 1.53. The Labute approximate surface area is 91.5 Å². The van der Waals surface area contributed by atoms with Crippen LogP contribution in [0.4, 0.5) is 11.6 Å². The molecule has 0 radical (unpaired) electrons. The maximum Gasteiger partial charge on any atom is 0.134 e. The van der Waals surface area contributed by atoms with Gasteiger partial charge in [0, 0.05) is 25.6 Å². The summed E-state index contributed by atoms with van der Waals surface area (Å²) in [5, 5.41) is 0. The Kier molecular flexibility index (Phi) is 4.34. The van der Waals surface area contributed by atoms with E-state index in [9.17, 15) is 0 Å². The number of hydrogen-bond acceptors (Lipinski definition) is 4. The molecule has 2 N–H and O–H groups in total. The number of rotatable bonds is 5. The van der Waals surface area contributed by atoms with Crippen molar-refractivity contribution < 1.29 is 0 Å². The van der Waals surface area contributed by atoms with Crippen LogP contribution in [0.1, 0.15) is 33.0 Å². The second kappa shape index (κ2) is 5.53. The fraction of sp³-hybridized carbons (Fsp3) is 0.636. The van der Waals surface area contributed by atoms with Crippen molar-refractivity contribution in [2.24, 2.45) is 0 Å². The lowest BCUT2D eigenvalue weighted by Crippen LogP contribution is -2.25. The topological polar surface area (TPSA) is 55.0 Å². The molecule has 0 spiro atoms. The van der Waals surface area contributed by atoms with Gasteiger partial charge in [-0.25, -0.2) is 9.97 Å². The Balaban J connectivity index is 2.95. The molecule has 0 atom stereocenters. The predicted octanol–water partition coefficient (Wildman–Crippen LogP) is 1.86. The molecule has 0 bridgehead atoms. The van der Waals surface area contributed by atoms with Crippen LogP contribution >= 0.6 is 0 Å². The van der Waals surface area contributed by atoms with E-state index in [1.807, 2.05) is 13.0 Å².